The minimum atomic E-state index is -2.60. The summed E-state index contributed by atoms with van der Waals surface area (Å²) in [5, 5.41) is 4.28. The summed E-state index contributed by atoms with van der Waals surface area (Å²) in [5.74, 6) is 0. The van der Waals surface area contributed by atoms with E-state index in [9.17, 15) is 0 Å². The Hall–Kier alpha value is -1.81. The second-order valence-electron chi connectivity index (χ2n) is 7.15. The van der Waals surface area contributed by atoms with Crippen molar-refractivity contribution >= 4 is 32.0 Å². The number of hydrogen-bond acceptors (Lipinski definition) is 3. The van der Waals surface area contributed by atoms with Crippen molar-refractivity contribution in [3.8, 4) is 0 Å². The Morgan fingerprint density at radius 1 is 0.586 bits per heavy atom. The van der Waals surface area contributed by atoms with Crippen LogP contribution >= 0.6 is 7.26 Å². The third kappa shape index (κ3) is 4.68. The molecule has 0 atom stereocenters. The van der Waals surface area contributed by atoms with Crippen LogP contribution in [-0.2, 0) is 13.3 Å². The van der Waals surface area contributed by atoms with Gasteiger partial charge in [0.2, 0.25) is 0 Å². The monoisotopic (exact) mass is 426 g/mol. The maximum absolute atomic E-state index is 5.68. The molecule has 29 heavy (non-hydrogen) atoms. The quantitative estimate of drug-likeness (QED) is 0.363. The average molecular weight is 427 g/mol. The Kier molecular flexibility index (Phi) is 7.76. The van der Waals surface area contributed by atoms with Gasteiger partial charge in [-0.15, -0.1) is 0 Å². The Morgan fingerprint density at radius 2 is 0.931 bits per heavy atom. The molecule has 0 saturated carbocycles. The second-order valence-corrected chi connectivity index (χ2v) is 14.3. The van der Waals surface area contributed by atoms with Gasteiger partial charge in [-0.25, -0.2) is 0 Å². The summed E-state index contributed by atoms with van der Waals surface area (Å²) in [5.41, 5.74) is 0. The summed E-state index contributed by atoms with van der Waals surface area (Å²) in [6.07, 6.45) is 2.04. The van der Waals surface area contributed by atoms with Crippen LogP contribution in [-0.4, -0.2) is 36.3 Å². The minimum absolute atomic E-state index is 0.803. The van der Waals surface area contributed by atoms with Gasteiger partial charge in [0.25, 0.3) is 0 Å². The van der Waals surface area contributed by atoms with Crippen LogP contribution in [0.2, 0.25) is 6.04 Å². The van der Waals surface area contributed by atoms with E-state index >= 15 is 0 Å². The van der Waals surface area contributed by atoms with Crippen molar-refractivity contribution in [1.82, 2.24) is 0 Å². The van der Waals surface area contributed by atoms with Crippen LogP contribution in [0.5, 0.6) is 0 Å². The molecule has 0 aliphatic rings. The van der Waals surface area contributed by atoms with Crippen LogP contribution in [0.25, 0.3) is 0 Å². The van der Waals surface area contributed by atoms with Gasteiger partial charge in [0.1, 0.15) is 0 Å². The van der Waals surface area contributed by atoms with Crippen LogP contribution in [0.4, 0.5) is 0 Å². The molecule has 0 unspecified atom stereocenters. The molecule has 3 nitrogen and oxygen atoms in total. The number of hydrogen-bond donors (Lipinski definition) is 0. The molecule has 0 amide bonds. The normalized spacial score (nSPS) is 12.7. The molecule has 0 aliphatic heterocycles. The van der Waals surface area contributed by atoms with Gasteiger partial charge in [-0.2, -0.15) is 0 Å². The first-order valence-corrected chi connectivity index (χ1v) is 14.2. The van der Waals surface area contributed by atoms with Gasteiger partial charge >= 0.3 is 176 Å². The molecule has 154 valence electrons. The van der Waals surface area contributed by atoms with Gasteiger partial charge in [-0.05, 0) is 0 Å². The van der Waals surface area contributed by atoms with Gasteiger partial charge in [0.05, 0.1) is 0 Å². The molecule has 0 fully saturated rings. The predicted octanol–water partition coefficient (Wildman–Crippen LogP) is 3.98. The van der Waals surface area contributed by atoms with Crippen LogP contribution in [0.15, 0.2) is 91.0 Å². The molecule has 0 heterocycles. The van der Waals surface area contributed by atoms with Crippen molar-refractivity contribution < 1.29 is 13.3 Å². The van der Waals surface area contributed by atoms with Gasteiger partial charge in [-0.1, -0.05) is 0 Å². The second kappa shape index (κ2) is 10.3. The Labute approximate surface area is 176 Å². The zero-order valence-corrected chi connectivity index (χ0v) is 19.5. The molecule has 0 aliphatic carbocycles. The fourth-order valence-corrected chi connectivity index (χ4v) is 11.2. The van der Waals surface area contributed by atoms with Gasteiger partial charge < -0.3 is 0 Å². The van der Waals surface area contributed by atoms with E-state index in [1.807, 2.05) is 0 Å². The summed E-state index contributed by atoms with van der Waals surface area (Å²) in [4.78, 5) is 0. The summed E-state index contributed by atoms with van der Waals surface area (Å²) >= 11 is 0. The summed E-state index contributed by atoms with van der Waals surface area (Å²) in [6.45, 7) is 0. The van der Waals surface area contributed by atoms with Gasteiger partial charge in [0.15, 0.2) is 0 Å². The van der Waals surface area contributed by atoms with Crippen molar-refractivity contribution in [1.29, 1.82) is 0 Å². The first-order valence-electron chi connectivity index (χ1n) is 10.0. The molecule has 3 aromatic rings. The van der Waals surface area contributed by atoms with E-state index in [1.165, 1.54) is 15.9 Å². The molecule has 0 saturated heterocycles. The van der Waals surface area contributed by atoms with E-state index in [0.29, 0.717) is 0 Å². The van der Waals surface area contributed by atoms with Crippen molar-refractivity contribution in [2.45, 2.75) is 12.5 Å². The summed E-state index contributed by atoms with van der Waals surface area (Å²) < 4.78 is 17.0. The molecule has 3 rings (SSSR count). The van der Waals surface area contributed by atoms with E-state index in [4.69, 9.17) is 13.3 Å². The van der Waals surface area contributed by atoms with Crippen molar-refractivity contribution in [2.24, 2.45) is 0 Å². The van der Waals surface area contributed by atoms with E-state index < -0.39 is 16.1 Å². The summed E-state index contributed by atoms with van der Waals surface area (Å²) in [6, 6.07) is 33.8. The zero-order valence-electron chi connectivity index (χ0n) is 17.5. The molecule has 0 N–H and O–H groups in total. The Balaban J connectivity index is 2.08. The first-order chi connectivity index (χ1) is 14.2. The molecular formula is C24H31O3PSi. The predicted molar refractivity (Wildman–Crippen MR) is 128 cm³/mol. The van der Waals surface area contributed by atoms with Gasteiger partial charge in [0, 0.05) is 0 Å². The van der Waals surface area contributed by atoms with E-state index in [0.717, 1.165) is 18.6 Å². The van der Waals surface area contributed by atoms with Crippen molar-refractivity contribution in [3.63, 3.8) is 0 Å². The van der Waals surface area contributed by atoms with E-state index in [-0.39, 0.29) is 0 Å². The SMILES string of the molecule is CO[Si](CCC[PH](c1ccccc1)(c1ccccc1)c1ccccc1)(OC)OC. The maximum atomic E-state index is 5.68. The Bertz CT molecular complexity index is 750. The van der Waals surface area contributed by atoms with Crippen LogP contribution < -0.4 is 15.9 Å². The van der Waals surface area contributed by atoms with Crippen LogP contribution in [0.1, 0.15) is 6.42 Å². The third-order valence-electron chi connectivity index (χ3n) is 5.77. The van der Waals surface area contributed by atoms with Crippen molar-refractivity contribution in [2.75, 3.05) is 27.5 Å². The van der Waals surface area contributed by atoms with Crippen LogP contribution in [0, 0.1) is 0 Å². The number of rotatable bonds is 10. The Morgan fingerprint density at radius 3 is 1.24 bits per heavy atom. The van der Waals surface area contributed by atoms with Gasteiger partial charge in [-0.3, -0.25) is 0 Å². The average Bonchev–Trinajstić information content (AvgIpc) is 2.82. The molecular weight excluding hydrogens is 395 g/mol. The molecule has 3 aromatic carbocycles. The fourth-order valence-electron chi connectivity index (χ4n) is 4.23. The topological polar surface area (TPSA) is 27.7 Å². The van der Waals surface area contributed by atoms with Crippen LogP contribution in [0.3, 0.4) is 0 Å². The molecule has 0 radical (unpaired) electrons. The fraction of sp³-hybridized carbons (Fsp3) is 0.250. The molecule has 0 spiro atoms. The zero-order chi connectivity index (χ0) is 20.6. The van der Waals surface area contributed by atoms with Crippen molar-refractivity contribution in [3.05, 3.63) is 91.0 Å². The summed E-state index contributed by atoms with van der Waals surface area (Å²) in [7, 11) is 0.266. The van der Waals surface area contributed by atoms with E-state index in [2.05, 4.69) is 91.0 Å². The first kappa shape index (κ1) is 21.9. The third-order valence-corrected chi connectivity index (χ3v) is 13.7. The number of benzene rings is 3. The standard InChI is InChI=1S/C24H31O3PSi/c1-25-29(26-2,27-3)21-13-20-28(22-14-7-4-8-15-22,23-16-9-5-10-17-23)24-18-11-6-12-19-24/h4-12,14-19,28H,13,20-21H2,1-3H3. The molecule has 5 heteroatoms. The van der Waals surface area contributed by atoms with E-state index in [1.54, 1.807) is 21.3 Å². The molecule has 0 aromatic heterocycles. The molecule has 0 bridgehead atoms.